The van der Waals surface area contributed by atoms with E-state index in [1.807, 2.05) is 12.1 Å². The van der Waals surface area contributed by atoms with Crippen LogP contribution in [-0.2, 0) is 16.6 Å². The fourth-order valence-corrected chi connectivity index (χ4v) is 2.13. The highest BCUT2D eigenvalue weighted by Crippen LogP contribution is 2.12. The number of rotatable bonds is 6. The van der Waals surface area contributed by atoms with Crippen molar-refractivity contribution in [2.45, 2.75) is 13.5 Å². The van der Waals surface area contributed by atoms with Crippen LogP contribution in [0.3, 0.4) is 0 Å². The molecule has 0 radical (unpaired) electrons. The predicted molar refractivity (Wildman–Crippen MR) is 78.9 cm³/mol. The number of nitrogens with one attached hydrogen (secondary N) is 2. The summed E-state index contributed by atoms with van der Waals surface area (Å²) in [5.41, 5.74) is 1.50. The molecule has 0 saturated carbocycles. The lowest BCUT2D eigenvalue weighted by Gasteiger charge is -2.08. The topological polar surface area (TPSA) is 84.0 Å². The minimum absolute atomic E-state index is 0.0357. The van der Waals surface area contributed by atoms with Crippen molar-refractivity contribution in [1.29, 1.82) is 0 Å². The molecule has 0 atom stereocenters. The Morgan fingerprint density at radius 3 is 2.65 bits per heavy atom. The number of anilines is 2. The van der Waals surface area contributed by atoms with Crippen LogP contribution in [0.4, 0.5) is 11.5 Å². The number of sulfonamides is 1. The highest BCUT2D eigenvalue weighted by atomic mass is 32.2. The van der Waals surface area contributed by atoms with Crippen molar-refractivity contribution in [2.75, 3.05) is 15.8 Å². The van der Waals surface area contributed by atoms with Crippen molar-refractivity contribution in [3.8, 4) is 0 Å². The number of aromatic nitrogens is 2. The van der Waals surface area contributed by atoms with Crippen LogP contribution in [0.5, 0.6) is 0 Å². The monoisotopic (exact) mass is 292 g/mol. The van der Waals surface area contributed by atoms with Gasteiger partial charge < -0.3 is 5.32 Å². The minimum Gasteiger partial charge on any atom is -0.366 e. The fraction of sp³-hybridized carbons (Fsp3) is 0.231. The van der Waals surface area contributed by atoms with Crippen LogP contribution in [0.15, 0.2) is 42.9 Å². The Kier molecular flexibility index (Phi) is 4.52. The van der Waals surface area contributed by atoms with E-state index in [4.69, 9.17) is 0 Å². The first-order chi connectivity index (χ1) is 9.59. The summed E-state index contributed by atoms with van der Waals surface area (Å²) in [6.45, 7) is 2.19. The minimum atomic E-state index is -3.26. The molecule has 0 spiro atoms. The van der Waals surface area contributed by atoms with Gasteiger partial charge in [-0.05, 0) is 30.7 Å². The van der Waals surface area contributed by atoms with Crippen molar-refractivity contribution in [3.63, 3.8) is 0 Å². The predicted octanol–water partition coefficient (Wildman–Crippen LogP) is 1.85. The van der Waals surface area contributed by atoms with Crippen LogP contribution in [0.1, 0.15) is 12.5 Å². The number of pyridine rings is 2. The molecule has 7 heteroatoms. The molecule has 0 fully saturated rings. The zero-order valence-corrected chi connectivity index (χ0v) is 11.9. The molecule has 0 aliphatic carbocycles. The zero-order chi connectivity index (χ0) is 14.4. The normalized spacial score (nSPS) is 11.1. The van der Waals surface area contributed by atoms with Gasteiger partial charge in [0.15, 0.2) is 0 Å². The van der Waals surface area contributed by atoms with Gasteiger partial charge >= 0.3 is 0 Å². The third-order valence-electron chi connectivity index (χ3n) is 2.61. The fourth-order valence-electron chi connectivity index (χ4n) is 1.51. The Morgan fingerprint density at radius 2 is 2.05 bits per heavy atom. The second-order valence-corrected chi connectivity index (χ2v) is 6.16. The van der Waals surface area contributed by atoms with Gasteiger partial charge in [-0.3, -0.25) is 9.71 Å². The Bertz CT molecular complexity index is 642. The second kappa shape index (κ2) is 6.33. The van der Waals surface area contributed by atoms with Gasteiger partial charge in [0, 0.05) is 18.9 Å². The van der Waals surface area contributed by atoms with E-state index in [0.717, 1.165) is 5.56 Å². The lowest BCUT2D eigenvalue weighted by molar-refractivity contribution is 0.602. The van der Waals surface area contributed by atoms with Crippen molar-refractivity contribution >= 4 is 21.5 Å². The quantitative estimate of drug-likeness (QED) is 0.849. The van der Waals surface area contributed by atoms with Crippen LogP contribution >= 0.6 is 0 Å². The molecule has 2 N–H and O–H groups in total. The maximum Gasteiger partial charge on any atom is 0.232 e. The average molecular weight is 292 g/mol. The van der Waals surface area contributed by atoms with Gasteiger partial charge in [0.2, 0.25) is 10.0 Å². The van der Waals surface area contributed by atoms with E-state index in [-0.39, 0.29) is 5.75 Å². The van der Waals surface area contributed by atoms with Crippen molar-refractivity contribution in [3.05, 3.63) is 48.4 Å². The molecule has 20 heavy (non-hydrogen) atoms. The number of nitrogens with zero attached hydrogens (tertiary/aromatic N) is 2. The molecule has 2 aromatic rings. The summed E-state index contributed by atoms with van der Waals surface area (Å²) in [6.07, 6.45) is 4.98. The SMILES string of the molecule is CCS(=O)(=O)Nc1ccc(NCc2cccnc2)nc1. The molecule has 0 aliphatic rings. The standard InChI is InChI=1S/C13H16N4O2S/c1-2-20(18,19)17-12-5-6-13(16-10-12)15-9-11-4-3-7-14-8-11/h3-8,10,17H,2,9H2,1H3,(H,15,16). The van der Waals surface area contributed by atoms with E-state index in [1.54, 1.807) is 31.5 Å². The molecule has 0 saturated heterocycles. The van der Waals surface area contributed by atoms with Gasteiger partial charge in [-0.2, -0.15) is 0 Å². The van der Waals surface area contributed by atoms with Crippen LogP contribution in [0, 0.1) is 0 Å². The lowest BCUT2D eigenvalue weighted by Crippen LogP contribution is -2.14. The van der Waals surface area contributed by atoms with Crippen LogP contribution < -0.4 is 10.0 Å². The molecule has 0 aliphatic heterocycles. The largest absolute Gasteiger partial charge is 0.366 e. The second-order valence-electron chi connectivity index (χ2n) is 4.15. The molecule has 6 nitrogen and oxygen atoms in total. The first-order valence-corrected chi connectivity index (χ1v) is 7.83. The highest BCUT2D eigenvalue weighted by Gasteiger charge is 2.06. The summed E-state index contributed by atoms with van der Waals surface area (Å²) < 4.78 is 25.2. The molecular weight excluding hydrogens is 276 g/mol. The Balaban J connectivity index is 1.95. The molecule has 2 rings (SSSR count). The molecule has 0 aromatic carbocycles. The maximum atomic E-state index is 11.4. The number of hydrogen-bond acceptors (Lipinski definition) is 5. The summed E-state index contributed by atoms with van der Waals surface area (Å²) in [5, 5.41) is 3.14. The van der Waals surface area contributed by atoms with Gasteiger partial charge in [-0.15, -0.1) is 0 Å². The van der Waals surface area contributed by atoms with E-state index in [1.165, 1.54) is 6.20 Å². The molecule has 106 valence electrons. The third kappa shape index (κ3) is 4.20. The highest BCUT2D eigenvalue weighted by molar-refractivity contribution is 7.92. The third-order valence-corrected chi connectivity index (χ3v) is 3.92. The summed E-state index contributed by atoms with van der Waals surface area (Å²) >= 11 is 0. The summed E-state index contributed by atoms with van der Waals surface area (Å²) in [6, 6.07) is 7.23. The summed E-state index contributed by atoms with van der Waals surface area (Å²) in [4.78, 5) is 8.18. The Labute approximate surface area is 118 Å². The zero-order valence-electron chi connectivity index (χ0n) is 11.1. The molecule has 0 unspecified atom stereocenters. The van der Waals surface area contributed by atoms with Gasteiger partial charge in [0.1, 0.15) is 5.82 Å². The smallest absolute Gasteiger partial charge is 0.232 e. The Morgan fingerprint density at radius 1 is 1.20 bits per heavy atom. The van der Waals surface area contributed by atoms with Crippen LogP contribution in [0.25, 0.3) is 0 Å². The molecule has 0 amide bonds. The average Bonchev–Trinajstić information content (AvgIpc) is 2.47. The molecule has 0 bridgehead atoms. The van der Waals surface area contributed by atoms with Gasteiger partial charge in [0.05, 0.1) is 17.6 Å². The van der Waals surface area contributed by atoms with Gasteiger partial charge in [-0.1, -0.05) is 6.07 Å². The maximum absolute atomic E-state index is 11.4. The van der Waals surface area contributed by atoms with E-state index in [2.05, 4.69) is 20.0 Å². The first-order valence-electron chi connectivity index (χ1n) is 6.18. The van der Waals surface area contributed by atoms with Crippen molar-refractivity contribution in [1.82, 2.24) is 9.97 Å². The van der Waals surface area contributed by atoms with E-state index >= 15 is 0 Å². The summed E-state index contributed by atoms with van der Waals surface area (Å²) in [7, 11) is -3.26. The lowest BCUT2D eigenvalue weighted by atomic mass is 10.3. The summed E-state index contributed by atoms with van der Waals surface area (Å²) in [5.74, 6) is 0.710. The van der Waals surface area contributed by atoms with Gasteiger partial charge in [0.25, 0.3) is 0 Å². The van der Waals surface area contributed by atoms with E-state index in [9.17, 15) is 8.42 Å². The van der Waals surface area contributed by atoms with Crippen molar-refractivity contribution in [2.24, 2.45) is 0 Å². The Hall–Kier alpha value is -2.15. The van der Waals surface area contributed by atoms with E-state index < -0.39 is 10.0 Å². The number of hydrogen-bond donors (Lipinski definition) is 2. The molecule has 2 aromatic heterocycles. The molecule has 2 heterocycles. The van der Waals surface area contributed by atoms with Crippen LogP contribution in [0.2, 0.25) is 0 Å². The molecular formula is C13H16N4O2S. The van der Waals surface area contributed by atoms with E-state index in [0.29, 0.717) is 18.1 Å². The van der Waals surface area contributed by atoms with Gasteiger partial charge in [-0.25, -0.2) is 13.4 Å². The first kappa shape index (κ1) is 14.3. The van der Waals surface area contributed by atoms with Crippen LogP contribution in [-0.4, -0.2) is 24.1 Å². The van der Waals surface area contributed by atoms with Crippen molar-refractivity contribution < 1.29 is 8.42 Å².